The van der Waals surface area contributed by atoms with Crippen molar-refractivity contribution in [3.63, 3.8) is 0 Å². The molecule has 0 aromatic carbocycles. The second kappa shape index (κ2) is 5.47. The molecular formula is C11H23N3O. The number of nitrogens with zero attached hydrogens (tertiary/aromatic N) is 2. The summed E-state index contributed by atoms with van der Waals surface area (Å²) < 4.78 is 0. The second-order valence-corrected chi connectivity index (χ2v) is 4.56. The highest BCUT2D eigenvalue weighted by Crippen LogP contribution is 2.09. The largest absolute Gasteiger partial charge is 0.337 e. The van der Waals surface area contributed by atoms with Gasteiger partial charge >= 0.3 is 0 Å². The van der Waals surface area contributed by atoms with E-state index in [4.69, 9.17) is 0 Å². The Kier molecular flexibility index (Phi) is 4.54. The first-order chi connectivity index (χ1) is 7.06. The van der Waals surface area contributed by atoms with E-state index >= 15 is 0 Å². The molecule has 88 valence electrons. The van der Waals surface area contributed by atoms with Gasteiger partial charge in [-0.15, -0.1) is 0 Å². The van der Waals surface area contributed by atoms with Gasteiger partial charge in [-0.1, -0.05) is 6.92 Å². The van der Waals surface area contributed by atoms with E-state index in [9.17, 15) is 4.79 Å². The van der Waals surface area contributed by atoms with Crippen molar-refractivity contribution >= 4 is 5.91 Å². The molecule has 2 unspecified atom stereocenters. The maximum Gasteiger partial charge on any atom is 0.241 e. The summed E-state index contributed by atoms with van der Waals surface area (Å²) in [7, 11) is 3.99. The van der Waals surface area contributed by atoms with Crippen molar-refractivity contribution in [3.05, 3.63) is 0 Å². The molecule has 0 saturated carbocycles. The zero-order chi connectivity index (χ0) is 11.4. The van der Waals surface area contributed by atoms with Gasteiger partial charge in [0.1, 0.15) is 0 Å². The fourth-order valence-corrected chi connectivity index (χ4v) is 1.92. The third-order valence-corrected chi connectivity index (χ3v) is 3.00. The molecule has 0 spiro atoms. The van der Waals surface area contributed by atoms with Gasteiger partial charge in [-0.25, -0.2) is 0 Å². The number of hydrogen-bond acceptors (Lipinski definition) is 3. The van der Waals surface area contributed by atoms with Crippen LogP contribution in [0.2, 0.25) is 0 Å². The molecule has 2 atom stereocenters. The van der Waals surface area contributed by atoms with Crippen LogP contribution < -0.4 is 5.32 Å². The van der Waals surface area contributed by atoms with Crippen molar-refractivity contribution in [1.82, 2.24) is 15.1 Å². The maximum atomic E-state index is 12.1. The van der Waals surface area contributed by atoms with Gasteiger partial charge in [-0.05, 0) is 27.4 Å². The average Bonchev–Trinajstić information content (AvgIpc) is 2.19. The Morgan fingerprint density at radius 3 is 2.80 bits per heavy atom. The Balaban J connectivity index is 2.58. The highest BCUT2D eigenvalue weighted by Gasteiger charge is 2.30. The summed E-state index contributed by atoms with van der Waals surface area (Å²) in [4.78, 5) is 16.2. The van der Waals surface area contributed by atoms with Gasteiger partial charge < -0.3 is 15.1 Å². The number of hydrogen-bond donors (Lipinski definition) is 1. The van der Waals surface area contributed by atoms with Gasteiger partial charge in [0, 0.05) is 25.7 Å². The Morgan fingerprint density at radius 2 is 2.27 bits per heavy atom. The van der Waals surface area contributed by atoms with Gasteiger partial charge in [0.2, 0.25) is 5.91 Å². The number of rotatable bonds is 4. The van der Waals surface area contributed by atoms with Gasteiger partial charge in [0.05, 0.1) is 6.04 Å². The first-order valence-electron chi connectivity index (χ1n) is 5.74. The van der Waals surface area contributed by atoms with Crippen LogP contribution in [0.4, 0.5) is 0 Å². The summed E-state index contributed by atoms with van der Waals surface area (Å²) in [5.74, 6) is 0.254. The summed E-state index contributed by atoms with van der Waals surface area (Å²) >= 11 is 0. The zero-order valence-electron chi connectivity index (χ0n) is 10.3. The van der Waals surface area contributed by atoms with Crippen LogP contribution in [0.15, 0.2) is 0 Å². The molecule has 0 bridgehead atoms. The summed E-state index contributed by atoms with van der Waals surface area (Å²) in [6.07, 6.45) is 1.03. The van der Waals surface area contributed by atoms with Crippen LogP contribution in [0.5, 0.6) is 0 Å². The number of nitrogens with one attached hydrogen (secondary N) is 1. The minimum absolute atomic E-state index is 0.0252. The van der Waals surface area contributed by atoms with Gasteiger partial charge in [-0.2, -0.15) is 0 Å². The predicted octanol–water partition coefficient (Wildman–Crippen LogP) is 0.147. The summed E-state index contributed by atoms with van der Waals surface area (Å²) in [5.41, 5.74) is 0. The Morgan fingerprint density at radius 1 is 1.60 bits per heavy atom. The Bertz CT molecular complexity index is 218. The van der Waals surface area contributed by atoms with E-state index in [1.807, 2.05) is 19.0 Å². The molecule has 1 saturated heterocycles. The number of likely N-dealkylation sites (N-methyl/N-ethyl adjacent to an activating group) is 1. The van der Waals surface area contributed by atoms with E-state index in [1.54, 1.807) is 0 Å². The third kappa shape index (κ3) is 3.18. The van der Waals surface area contributed by atoms with Crippen LogP contribution in [0.1, 0.15) is 20.3 Å². The minimum atomic E-state index is -0.0252. The number of carbonyl (C=O) groups is 1. The molecule has 15 heavy (non-hydrogen) atoms. The molecule has 1 heterocycles. The van der Waals surface area contributed by atoms with E-state index in [0.717, 1.165) is 26.1 Å². The van der Waals surface area contributed by atoms with Crippen molar-refractivity contribution < 1.29 is 4.79 Å². The summed E-state index contributed by atoms with van der Waals surface area (Å²) in [6, 6.07) is 0.340. The SMILES string of the molecule is CCC(C)N1CCNC(CN(C)C)C1=O. The van der Waals surface area contributed by atoms with Crippen molar-refractivity contribution in [2.75, 3.05) is 33.7 Å². The highest BCUT2D eigenvalue weighted by molar-refractivity contribution is 5.83. The number of carbonyl (C=O) groups excluding carboxylic acids is 1. The lowest BCUT2D eigenvalue weighted by atomic mass is 10.1. The van der Waals surface area contributed by atoms with E-state index < -0.39 is 0 Å². The van der Waals surface area contributed by atoms with Crippen LogP contribution in [-0.4, -0.2) is 61.5 Å². The highest BCUT2D eigenvalue weighted by atomic mass is 16.2. The Hall–Kier alpha value is -0.610. The molecule has 0 aliphatic carbocycles. The topological polar surface area (TPSA) is 35.6 Å². The molecular weight excluding hydrogens is 190 g/mol. The quantitative estimate of drug-likeness (QED) is 0.722. The van der Waals surface area contributed by atoms with Crippen molar-refractivity contribution in [1.29, 1.82) is 0 Å². The number of amides is 1. The molecule has 1 N–H and O–H groups in total. The van der Waals surface area contributed by atoms with E-state index in [-0.39, 0.29) is 11.9 Å². The van der Waals surface area contributed by atoms with Crippen LogP contribution in [0, 0.1) is 0 Å². The van der Waals surface area contributed by atoms with Gasteiger partial charge in [-0.3, -0.25) is 4.79 Å². The minimum Gasteiger partial charge on any atom is -0.337 e. The van der Waals surface area contributed by atoms with E-state index in [0.29, 0.717) is 6.04 Å². The lowest BCUT2D eigenvalue weighted by Crippen LogP contribution is -2.60. The molecule has 1 rings (SSSR count). The molecule has 0 radical (unpaired) electrons. The van der Waals surface area contributed by atoms with Gasteiger partial charge in [0.15, 0.2) is 0 Å². The molecule has 1 aliphatic rings. The maximum absolute atomic E-state index is 12.1. The van der Waals surface area contributed by atoms with Crippen molar-refractivity contribution in [2.45, 2.75) is 32.4 Å². The zero-order valence-corrected chi connectivity index (χ0v) is 10.3. The van der Waals surface area contributed by atoms with Crippen LogP contribution in [0.25, 0.3) is 0 Å². The molecule has 4 nitrogen and oxygen atoms in total. The Labute approximate surface area is 92.6 Å². The lowest BCUT2D eigenvalue weighted by Gasteiger charge is -2.37. The average molecular weight is 213 g/mol. The summed E-state index contributed by atoms with van der Waals surface area (Å²) in [6.45, 7) is 6.79. The standard InChI is InChI=1S/C11H23N3O/c1-5-9(2)14-7-6-12-10(11(14)15)8-13(3)4/h9-10,12H,5-8H2,1-4H3. The molecule has 4 heteroatoms. The number of piperazine rings is 1. The molecule has 1 amide bonds. The van der Waals surface area contributed by atoms with Crippen LogP contribution >= 0.6 is 0 Å². The van der Waals surface area contributed by atoms with Crippen molar-refractivity contribution in [3.8, 4) is 0 Å². The lowest BCUT2D eigenvalue weighted by molar-refractivity contribution is -0.138. The van der Waals surface area contributed by atoms with Crippen LogP contribution in [-0.2, 0) is 4.79 Å². The van der Waals surface area contributed by atoms with Crippen LogP contribution in [0.3, 0.4) is 0 Å². The monoisotopic (exact) mass is 213 g/mol. The van der Waals surface area contributed by atoms with Gasteiger partial charge in [0.25, 0.3) is 0 Å². The normalized spacial score (nSPS) is 24.7. The third-order valence-electron chi connectivity index (χ3n) is 3.00. The van der Waals surface area contributed by atoms with Crippen molar-refractivity contribution in [2.24, 2.45) is 0 Å². The van der Waals surface area contributed by atoms with E-state index in [2.05, 4.69) is 24.1 Å². The fraction of sp³-hybridized carbons (Fsp3) is 0.909. The summed E-state index contributed by atoms with van der Waals surface area (Å²) in [5, 5.41) is 3.28. The molecule has 1 aliphatic heterocycles. The first-order valence-corrected chi connectivity index (χ1v) is 5.74. The molecule has 0 aromatic rings. The molecule has 1 fully saturated rings. The smallest absolute Gasteiger partial charge is 0.241 e. The second-order valence-electron chi connectivity index (χ2n) is 4.56. The molecule has 0 aromatic heterocycles. The first kappa shape index (κ1) is 12.5. The predicted molar refractivity (Wildman–Crippen MR) is 61.8 cm³/mol. The fourth-order valence-electron chi connectivity index (χ4n) is 1.92. The van der Waals surface area contributed by atoms with E-state index in [1.165, 1.54) is 0 Å².